The van der Waals surface area contributed by atoms with E-state index in [0.717, 1.165) is 71.0 Å². The third kappa shape index (κ3) is 3.60. The molecule has 0 N–H and O–H groups in total. The summed E-state index contributed by atoms with van der Waals surface area (Å²) in [5.41, 5.74) is 5.59. The molecule has 0 bridgehead atoms. The second-order valence-corrected chi connectivity index (χ2v) is 11.6. The third-order valence-electron chi connectivity index (χ3n) is 9.03. The molecule has 0 spiro atoms. The first-order valence-corrected chi connectivity index (χ1v) is 15.4. The van der Waals surface area contributed by atoms with Crippen molar-refractivity contribution >= 4 is 65.3 Å². The van der Waals surface area contributed by atoms with Crippen LogP contribution >= 0.6 is 0 Å². The smallest absolute Gasteiger partial charge is 0.238 e. The molecule has 46 heavy (non-hydrogen) atoms. The van der Waals surface area contributed by atoms with Crippen molar-refractivity contribution in [1.82, 2.24) is 19.5 Å². The van der Waals surface area contributed by atoms with Gasteiger partial charge in [-0.1, -0.05) is 121 Å². The zero-order valence-electron chi connectivity index (χ0n) is 24.6. The lowest BCUT2D eigenvalue weighted by Gasteiger charge is -2.13. The van der Waals surface area contributed by atoms with Crippen LogP contribution in [0.15, 0.2) is 150 Å². The average Bonchev–Trinajstić information content (AvgIpc) is 3.68. The Morgan fingerprint density at radius 3 is 1.85 bits per heavy atom. The monoisotopic (exact) mass is 588 g/mol. The van der Waals surface area contributed by atoms with Crippen molar-refractivity contribution in [2.24, 2.45) is 0 Å². The molecule has 0 saturated heterocycles. The minimum absolute atomic E-state index is 0.570. The second kappa shape index (κ2) is 9.58. The Kier molecular flexibility index (Phi) is 5.22. The van der Waals surface area contributed by atoms with E-state index in [1.165, 1.54) is 5.39 Å². The number of nitrogens with zero attached hydrogens (tertiary/aromatic N) is 4. The number of benzene rings is 7. The maximum Gasteiger partial charge on any atom is 0.238 e. The number of hydrogen-bond acceptors (Lipinski definition) is 4. The van der Waals surface area contributed by atoms with Crippen molar-refractivity contribution in [3.63, 3.8) is 0 Å². The highest BCUT2D eigenvalue weighted by Crippen LogP contribution is 2.43. The highest BCUT2D eigenvalue weighted by Gasteiger charge is 2.22. The quantitative estimate of drug-likeness (QED) is 0.193. The largest absolute Gasteiger partial charge is 0.455 e. The van der Waals surface area contributed by atoms with Crippen LogP contribution in [0.1, 0.15) is 0 Å². The van der Waals surface area contributed by atoms with E-state index in [1.807, 2.05) is 42.5 Å². The van der Waals surface area contributed by atoms with Gasteiger partial charge in [0.2, 0.25) is 5.95 Å². The molecule has 5 nitrogen and oxygen atoms in total. The van der Waals surface area contributed by atoms with Gasteiger partial charge in [0.1, 0.15) is 11.2 Å². The molecule has 5 heteroatoms. The van der Waals surface area contributed by atoms with Gasteiger partial charge in [0, 0.05) is 38.1 Å². The van der Waals surface area contributed by atoms with Crippen LogP contribution in [0.2, 0.25) is 0 Å². The Bertz CT molecular complexity index is 2760. The predicted octanol–water partition coefficient (Wildman–Crippen LogP) is 10.5. The van der Waals surface area contributed by atoms with Crippen molar-refractivity contribution in [3.8, 4) is 28.7 Å². The van der Waals surface area contributed by atoms with Gasteiger partial charge in [-0.15, -0.1) is 0 Å². The number of rotatable bonds is 3. The summed E-state index contributed by atoms with van der Waals surface area (Å²) >= 11 is 0. The molecule has 0 radical (unpaired) electrons. The summed E-state index contributed by atoms with van der Waals surface area (Å²) in [6.07, 6.45) is 0. The normalized spacial score (nSPS) is 11.9. The summed E-state index contributed by atoms with van der Waals surface area (Å²) in [7, 11) is 0. The molecule has 0 unspecified atom stereocenters. The Morgan fingerprint density at radius 2 is 1.07 bits per heavy atom. The van der Waals surface area contributed by atoms with Crippen molar-refractivity contribution in [2.75, 3.05) is 0 Å². The SMILES string of the molecule is c1ccc(-c2nc(-c3cc4ccc5ccccc5c4c4oc5ccccc5c34)nc(-n3c4ccccc4c4ccccc43)n2)cc1. The molecule has 0 aliphatic heterocycles. The van der Waals surface area contributed by atoms with Crippen LogP contribution in [0.25, 0.3) is 94.0 Å². The molecule has 214 valence electrons. The summed E-state index contributed by atoms with van der Waals surface area (Å²) in [4.78, 5) is 15.6. The van der Waals surface area contributed by atoms with E-state index in [4.69, 9.17) is 19.4 Å². The van der Waals surface area contributed by atoms with Gasteiger partial charge in [0.05, 0.1) is 11.0 Å². The summed E-state index contributed by atoms with van der Waals surface area (Å²) in [5.74, 6) is 1.78. The molecule has 3 heterocycles. The highest BCUT2D eigenvalue weighted by molar-refractivity contribution is 6.26. The van der Waals surface area contributed by atoms with Crippen molar-refractivity contribution in [3.05, 3.63) is 146 Å². The van der Waals surface area contributed by atoms with Crippen LogP contribution in [-0.2, 0) is 0 Å². The van der Waals surface area contributed by atoms with Gasteiger partial charge in [-0.2, -0.15) is 9.97 Å². The van der Waals surface area contributed by atoms with Gasteiger partial charge in [0.25, 0.3) is 0 Å². The topological polar surface area (TPSA) is 56.7 Å². The standard InChI is InChI=1S/C41H24N4O/c1-2-13-26(14-3-1)39-42-40(44-41(43-39)45-33-19-9-6-16-29(33)30-17-7-10-20-34(30)45)32-24-27-23-22-25-12-4-5-15-28(25)36(27)38-37(32)31-18-8-11-21-35(31)46-38/h1-24H. The molecule has 10 aromatic rings. The minimum Gasteiger partial charge on any atom is -0.455 e. The maximum absolute atomic E-state index is 6.69. The molecular weight excluding hydrogens is 564 g/mol. The fourth-order valence-electron chi connectivity index (χ4n) is 6.99. The lowest BCUT2D eigenvalue weighted by atomic mass is 9.96. The van der Waals surface area contributed by atoms with Crippen molar-refractivity contribution in [1.29, 1.82) is 0 Å². The van der Waals surface area contributed by atoms with E-state index in [9.17, 15) is 0 Å². The Labute approximate surface area is 263 Å². The molecule has 0 saturated carbocycles. The van der Waals surface area contributed by atoms with E-state index in [1.54, 1.807) is 0 Å². The highest BCUT2D eigenvalue weighted by atomic mass is 16.3. The van der Waals surface area contributed by atoms with Crippen LogP contribution in [0.3, 0.4) is 0 Å². The molecule has 0 aliphatic rings. The molecule has 0 atom stereocenters. The van der Waals surface area contributed by atoms with Crippen LogP contribution in [0, 0.1) is 0 Å². The fourth-order valence-corrected chi connectivity index (χ4v) is 6.99. The first-order valence-electron chi connectivity index (χ1n) is 15.4. The van der Waals surface area contributed by atoms with E-state index >= 15 is 0 Å². The fraction of sp³-hybridized carbons (Fsp3) is 0. The number of para-hydroxylation sites is 3. The lowest BCUT2D eigenvalue weighted by molar-refractivity contribution is 0.673. The summed E-state index contributed by atoms with van der Waals surface area (Å²) in [5, 5.41) is 8.82. The second-order valence-electron chi connectivity index (χ2n) is 11.6. The van der Waals surface area contributed by atoms with Gasteiger partial charge < -0.3 is 4.42 Å². The van der Waals surface area contributed by atoms with Gasteiger partial charge in [-0.05, 0) is 40.4 Å². The van der Waals surface area contributed by atoms with Crippen LogP contribution in [0.5, 0.6) is 0 Å². The molecule has 3 aromatic heterocycles. The van der Waals surface area contributed by atoms with E-state index < -0.39 is 0 Å². The first-order chi connectivity index (χ1) is 22.8. The van der Waals surface area contributed by atoms with Crippen LogP contribution in [0.4, 0.5) is 0 Å². The molecule has 7 aromatic carbocycles. The Balaban J connectivity index is 1.36. The van der Waals surface area contributed by atoms with Gasteiger partial charge >= 0.3 is 0 Å². The molecule has 0 amide bonds. The number of aromatic nitrogens is 4. The van der Waals surface area contributed by atoms with E-state index in [0.29, 0.717) is 17.6 Å². The number of fused-ring (bicyclic) bond motifs is 10. The van der Waals surface area contributed by atoms with Gasteiger partial charge in [-0.25, -0.2) is 4.98 Å². The first kappa shape index (κ1) is 25.0. The average molecular weight is 589 g/mol. The summed E-state index contributed by atoms with van der Waals surface area (Å²) in [6.45, 7) is 0. The zero-order valence-corrected chi connectivity index (χ0v) is 24.6. The number of furan rings is 1. The number of hydrogen-bond donors (Lipinski definition) is 0. The summed E-state index contributed by atoms with van der Waals surface area (Å²) in [6, 6.07) is 50.2. The minimum atomic E-state index is 0.570. The third-order valence-corrected chi connectivity index (χ3v) is 9.03. The summed E-state index contributed by atoms with van der Waals surface area (Å²) < 4.78 is 8.85. The van der Waals surface area contributed by atoms with E-state index in [-0.39, 0.29) is 0 Å². The zero-order chi connectivity index (χ0) is 30.2. The van der Waals surface area contributed by atoms with Crippen LogP contribution < -0.4 is 0 Å². The van der Waals surface area contributed by atoms with Crippen molar-refractivity contribution < 1.29 is 4.42 Å². The lowest BCUT2D eigenvalue weighted by Crippen LogP contribution is -2.06. The molecule has 0 aliphatic carbocycles. The van der Waals surface area contributed by atoms with Gasteiger partial charge in [-0.3, -0.25) is 4.57 Å². The predicted molar refractivity (Wildman–Crippen MR) is 187 cm³/mol. The van der Waals surface area contributed by atoms with Crippen LogP contribution in [-0.4, -0.2) is 19.5 Å². The molecule has 10 rings (SSSR count). The molecular formula is C41H24N4O. The molecule has 0 fully saturated rings. The van der Waals surface area contributed by atoms with E-state index in [2.05, 4.69) is 108 Å². The Hall–Kier alpha value is -6.33. The van der Waals surface area contributed by atoms with Gasteiger partial charge in [0.15, 0.2) is 11.6 Å². The maximum atomic E-state index is 6.69. The van der Waals surface area contributed by atoms with Crippen molar-refractivity contribution in [2.45, 2.75) is 0 Å². The Morgan fingerprint density at radius 1 is 0.457 bits per heavy atom.